The summed E-state index contributed by atoms with van der Waals surface area (Å²) in [5, 5.41) is 2.66. The van der Waals surface area contributed by atoms with Gasteiger partial charge in [0, 0.05) is 13.6 Å². The molecule has 114 valence electrons. The normalized spacial score (nSPS) is 18.2. The molecule has 1 atom stereocenters. The van der Waals surface area contributed by atoms with E-state index in [2.05, 4.69) is 15.0 Å². The van der Waals surface area contributed by atoms with Gasteiger partial charge >= 0.3 is 5.97 Å². The smallest absolute Gasteiger partial charge is 0.356 e. The van der Waals surface area contributed by atoms with Crippen LogP contribution >= 0.6 is 0 Å². The van der Waals surface area contributed by atoms with Crippen LogP contribution in [0.1, 0.15) is 29.8 Å². The molecule has 0 bridgehead atoms. The molecule has 2 heterocycles. The number of nitrogens with one attached hydrogen (secondary N) is 1. The number of likely N-dealkylation sites (N-methyl/N-ethyl adjacent to an activating group) is 1. The van der Waals surface area contributed by atoms with Crippen molar-refractivity contribution in [2.24, 2.45) is 0 Å². The van der Waals surface area contributed by atoms with Gasteiger partial charge in [0.05, 0.1) is 12.8 Å². The van der Waals surface area contributed by atoms with Gasteiger partial charge in [0.25, 0.3) is 0 Å². The SMILES string of the molecule is CNC(=O)C1CCCCN1c1nc(C(=O)OC)ccc1N. The van der Waals surface area contributed by atoms with E-state index in [-0.39, 0.29) is 17.6 Å². The molecule has 0 spiro atoms. The quantitative estimate of drug-likeness (QED) is 0.790. The lowest BCUT2D eigenvalue weighted by molar-refractivity contribution is -0.122. The second-order valence-electron chi connectivity index (χ2n) is 4.92. The van der Waals surface area contributed by atoms with Crippen LogP contribution in [0.2, 0.25) is 0 Å². The lowest BCUT2D eigenvalue weighted by Gasteiger charge is -2.36. The van der Waals surface area contributed by atoms with Crippen molar-refractivity contribution in [3.05, 3.63) is 17.8 Å². The Bertz CT molecular complexity index is 547. The summed E-state index contributed by atoms with van der Waals surface area (Å²) in [5.74, 6) is -0.129. The summed E-state index contributed by atoms with van der Waals surface area (Å²) in [7, 11) is 2.91. The predicted molar refractivity (Wildman–Crippen MR) is 79.0 cm³/mol. The van der Waals surface area contributed by atoms with Crippen LogP contribution in [0, 0.1) is 0 Å². The Balaban J connectivity index is 2.37. The van der Waals surface area contributed by atoms with Gasteiger partial charge in [-0.15, -0.1) is 0 Å². The van der Waals surface area contributed by atoms with Crippen LogP contribution in [0.25, 0.3) is 0 Å². The largest absolute Gasteiger partial charge is 0.464 e. The number of anilines is 2. The van der Waals surface area contributed by atoms with Gasteiger partial charge in [-0.25, -0.2) is 9.78 Å². The minimum absolute atomic E-state index is 0.0700. The zero-order valence-electron chi connectivity index (χ0n) is 12.3. The molecule has 1 unspecified atom stereocenters. The number of ether oxygens (including phenoxy) is 1. The van der Waals surface area contributed by atoms with Crippen LogP contribution in [-0.2, 0) is 9.53 Å². The molecule has 3 N–H and O–H groups in total. The number of esters is 1. The Hall–Kier alpha value is -2.31. The molecule has 1 aromatic rings. The first-order valence-corrected chi connectivity index (χ1v) is 6.91. The molecule has 7 nitrogen and oxygen atoms in total. The Labute approximate surface area is 123 Å². The second kappa shape index (κ2) is 6.43. The molecule has 7 heteroatoms. The van der Waals surface area contributed by atoms with Crippen LogP contribution in [0.15, 0.2) is 12.1 Å². The van der Waals surface area contributed by atoms with E-state index < -0.39 is 5.97 Å². The van der Waals surface area contributed by atoms with Crippen LogP contribution in [0.4, 0.5) is 11.5 Å². The van der Waals surface area contributed by atoms with E-state index in [1.807, 2.05) is 4.90 Å². The molecule has 0 saturated carbocycles. The van der Waals surface area contributed by atoms with E-state index in [0.29, 0.717) is 18.1 Å². The van der Waals surface area contributed by atoms with Gasteiger partial charge < -0.3 is 20.7 Å². The number of hydrogen-bond acceptors (Lipinski definition) is 6. The first-order chi connectivity index (χ1) is 10.1. The molecule has 21 heavy (non-hydrogen) atoms. The van der Waals surface area contributed by atoms with Gasteiger partial charge in [-0.1, -0.05) is 0 Å². The van der Waals surface area contributed by atoms with Crippen molar-refractivity contribution in [1.29, 1.82) is 0 Å². The molecule has 1 aromatic heterocycles. The minimum Gasteiger partial charge on any atom is -0.464 e. The Morgan fingerprint density at radius 1 is 1.43 bits per heavy atom. The number of aromatic nitrogens is 1. The fourth-order valence-electron chi connectivity index (χ4n) is 2.53. The molecular weight excluding hydrogens is 272 g/mol. The summed E-state index contributed by atoms with van der Waals surface area (Å²) in [4.78, 5) is 29.8. The van der Waals surface area contributed by atoms with Crippen molar-refractivity contribution < 1.29 is 14.3 Å². The third kappa shape index (κ3) is 3.07. The fraction of sp³-hybridized carbons (Fsp3) is 0.500. The molecule has 0 radical (unpaired) electrons. The maximum Gasteiger partial charge on any atom is 0.356 e. The molecule has 1 saturated heterocycles. The summed E-state index contributed by atoms with van der Waals surface area (Å²) >= 11 is 0. The van der Waals surface area contributed by atoms with Crippen LogP contribution < -0.4 is 16.0 Å². The van der Waals surface area contributed by atoms with E-state index in [9.17, 15) is 9.59 Å². The molecule has 1 amide bonds. The first kappa shape index (κ1) is 15.1. The van der Waals surface area contributed by atoms with Crippen LogP contribution in [0.5, 0.6) is 0 Å². The molecule has 1 aliphatic heterocycles. The number of nitrogens with two attached hydrogens (primary N) is 1. The van der Waals surface area contributed by atoms with Crippen molar-refractivity contribution in [2.45, 2.75) is 25.3 Å². The van der Waals surface area contributed by atoms with Crippen molar-refractivity contribution in [2.75, 3.05) is 31.3 Å². The van der Waals surface area contributed by atoms with Gasteiger partial charge in [-0.05, 0) is 31.4 Å². The predicted octanol–water partition coefficient (Wildman–Crippen LogP) is 0.555. The van der Waals surface area contributed by atoms with Crippen molar-refractivity contribution >= 4 is 23.4 Å². The van der Waals surface area contributed by atoms with E-state index in [0.717, 1.165) is 19.3 Å². The zero-order chi connectivity index (χ0) is 15.4. The highest BCUT2D eigenvalue weighted by Crippen LogP contribution is 2.28. The van der Waals surface area contributed by atoms with Crippen molar-refractivity contribution in [3.8, 4) is 0 Å². The first-order valence-electron chi connectivity index (χ1n) is 6.91. The van der Waals surface area contributed by atoms with Gasteiger partial charge in [-0.2, -0.15) is 0 Å². The fourth-order valence-corrected chi connectivity index (χ4v) is 2.53. The number of rotatable bonds is 3. The lowest BCUT2D eigenvalue weighted by Crippen LogP contribution is -2.49. The zero-order valence-corrected chi connectivity index (χ0v) is 12.3. The monoisotopic (exact) mass is 292 g/mol. The van der Waals surface area contributed by atoms with Gasteiger partial charge in [0.2, 0.25) is 5.91 Å². The molecule has 2 rings (SSSR count). The molecule has 1 fully saturated rings. The average molecular weight is 292 g/mol. The number of carbonyl (C=O) groups excluding carboxylic acids is 2. The minimum atomic E-state index is -0.523. The average Bonchev–Trinajstić information content (AvgIpc) is 2.53. The van der Waals surface area contributed by atoms with E-state index in [1.165, 1.54) is 13.2 Å². The summed E-state index contributed by atoms with van der Waals surface area (Å²) < 4.78 is 4.67. The Morgan fingerprint density at radius 3 is 2.86 bits per heavy atom. The number of nitrogen functional groups attached to an aromatic ring is 1. The number of piperidine rings is 1. The standard InChI is InChI=1S/C14H20N4O3/c1-16-13(19)11-5-3-4-8-18(11)12-9(15)6-7-10(17-12)14(20)21-2/h6-7,11H,3-5,8,15H2,1-2H3,(H,16,19). The molecular formula is C14H20N4O3. The highest BCUT2D eigenvalue weighted by molar-refractivity contribution is 5.90. The lowest BCUT2D eigenvalue weighted by atomic mass is 10.0. The van der Waals surface area contributed by atoms with Gasteiger partial charge in [0.15, 0.2) is 11.5 Å². The highest BCUT2D eigenvalue weighted by atomic mass is 16.5. The van der Waals surface area contributed by atoms with Crippen molar-refractivity contribution in [1.82, 2.24) is 10.3 Å². The number of carbonyl (C=O) groups is 2. The number of nitrogens with zero attached hydrogens (tertiary/aromatic N) is 2. The maximum absolute atomic E-state index is 12.0. The number of hydrogen-bond donors (Lipinski definition) is 2. The number of pyridine rings is 1. The molecule has 0 aromatic carbocycles. The number of methoxy groups -OCH3 is 1. The topological polar surface area (TPSA) is 97.5 Å². The molecule has 1 aliphatic rings. The third-order valence-electron chi connectivity index (χ3n) is 3.62. The van der Waals surface area contributed by atoms with Crippen LogP contribution in [-0.4, -0.2) is 43.6 Å². The number of amides is 1. The summed E-state index contributed by atoms with van der Waals surface area (Å²) in [6.45, 7) is 0.680. The van der Waals surface area contributed by atoms with E-state index in [1.54, 1.807) is 13.1 Å². The van der Waals surface area contributed by atoms with Crippen LogP contribution in [0.3, 0.4) is 0 Å². The Kier molecular flexibility index (Phi) is 4.62. The van der Waals surface area contributed by atoms with E-state index >= 15 is 0 Å². The van der Waals surface area contributed by atoms with Gasteiger partial charge in [-0.3, -0.25) is 4.79 Å². The van der Waals surface area contributed by atoms with E-state index in [4.69, 9.17) is 5.73 Å². The third-order valence-corrected chi connectivity index (χ3v) is 3.62. The Morgan fingerprint density at radius 2 is 2.19 bits per heavy atom. The highest BCUT2D eigenvalue weighted by Gasteiger charge is 2.30. The second-order valence-corrected chi connectivity index (χ2v) is 4.92. The molecule has 0 aliphatic carbocycles. The summed E-state index contributed by atoms with van der Waals surface area (Å²) in [6.07, 6.45) is 2.67. The maximum atomic E-state index is 12.0. The van der Waals surface area contributed by atoms with Crippen molar-refractivity contribution in [3.63, 3.8) is 0 Å². The summed E-state index contributed by atoms with van der Waals surface area (Å²) in [6, 6.07) is 2.82. The van der Waals surface area contributed by atoms with Gasteiger partial charge in [0.1, 0.15) is 6.04 Å². The summed E-state index contributed by atoms with van der Waals surface area (Å²) in [5.41, 5.74) is 6.60.